The summed E-state index contributed by atoms with van der Waals surface area (Å²) in [5.41, 5.74) is 4.99. The molecule has 1 aliphatic rings. The van der Waals surface area contributed by atoms with Crippen molar-refractivity contribution in [3.63, 3.8) is 0 Å². The molecule has 0 spiro atoms. The standard InChI is InChI=1S/C27H32N2O5/c1-4-12-29-13-5-6-22-26(19-7-9-21(10-8-19)33-16-15-30)28-34-27(22)23-18-25(32-3)24(31-2)17-20(23)11-14-29/h4,7-10,17-18,30H,1,5-6,11-16H2,2-3H3. The zero-order chi connectivity index (χ0) is 23.9. The monoisotopic (exact) mass is 464 g/mol. The predicted octanol–water partition coefficient (Wildman–Crippen LogP) is 4.37. The van der Waals surface area contributed by atoms with E-state index in [2.05, 4.69) is 16.6 Å². The first kappa shape index (κ1) is 23.9. The van der Waals surface area contributed by atoms with Gasteiger partial charge in [-0.05, 0) is 67.8 Å². The number of rotatable bonds is 8. The summed E-state index contributed by atoms with van der Waals surface area (Å²) in [7, 11) is 3.30. The molecule has 7 nitrogen and oxygen atoms in total. The number of fused-ring (bicyclic) bond motifs is 3. The van der Waals surface area contributed by atoms with Gasteiger partial charge in [0.1, 0.15) is 18.1 Å². The third-order valence-electron chi connectivity index (χ3n) is 6.12. The van der Waals surface area contributed by atoms with Crippen LogP contribution in [0.15, 0.2) is 53.6 Å². The van der Waals surface area contributed by atoms with Crippen LogP contribution in [0.25, 0.3) is 22.6 Å². The van der Waals surface area contributed by atoms with E-state index in [0.717, 1.165) is 72.6 Å². The minimum absolute atomic E-state index is 0.0188. The van der Waals surface area contributed by atoms with Gasteiger partial charge in [-0.1, -0.05) is 11.2 Å². The van der Waals surface area contributed by atoms with E-state index in [4.69, 9.17) is 23.8 Å². The fraction of sp³-hybridized carbons (Fsp3) is 0.370. The van der Waals surface area contributed by atoms with E-state index in [-0.39, 0.29) is 13.2 Å². The minimum atomic E-state index is -0.0188. The summed E-state index contributed by atoms with van der Waals surface area (Å²) in [5.74, 6) is 2.85. The summed E-state index contributed by atoms with van der Waals surface area (Å²) < 4.78 is 22.7. The van der Waals surface area contributed by atoms with Crippen LogP contribution in [0, 0.1) is 0 Å². The number of ether oxygens (including phenoxy) is 3. The van der Waals surface area contributed by atoms with Crippen LogP contribution >= 0.6 is 0 Å². The number of methoxy groups -OCH3 is 2. The molecule has 0 unspecified atom stereocenters. The van der Waals surface area contributed by atoms with E-state index in [1.54, 1.807) is 14.2 Å². The molecule has 0 atom stereocenters. The van der Waals surface area contributed by atoms with E-state index >= 15 is 0 Å². The molecule has 0 fully saturated rings. The Balaban J connectivity index is 1.79. The van der Waals surface area contributed by atoms with Gasteiger partial charge < -0.3 is 23.8 Å². The van der Waals surface area contributed by atoms with E-state index in [0.29, 0.717) is 17.2 Å². The van der Waals surface area contributed by atoms with Crippen LogP contribution in [0.1, 0.15) is 17.5 Å². The lowest BCUT2D eigenvalue weighted by Crippen LogP contribution is -2.28. The molecule has 2 heterocycles. The summed E-state index contributed by atoms with van der Waals surface area (Å²) in [6.45, 7) is 6.90. The first-order valence-corrected chi connectivity index (χ1v) is 11.6. The molecule has 1 aromatic heterocycles. The highest BCUT2D eigenvalue weighted by Crippen LogP contribution is 2.41. The minimum Gasteiger partial charge on any atom is -0.493 e. The smallest absolute Gasteiger partial charge is 0.171 e. The second kappa shape index (κ2) is 11.2. The maximum Gasteiger partial charge on any atom is 0.171 e. The van der Waals surface area contributed by atoms with Gasteiger partial charge in [-0.15, -0.1) is 6.58 Å². The number of hydrogen-bond donors (Lipinski definition) is 1. The van der Waals surface area contributed by atoms with E-state index in [1.165, 1.54) is 0 Å². The van der Waals surface area contributed by atoms with E-state index in [9.17, 15) is 0 Å². The second-order valence-electron chi connectivity index (χ2n) is 8.24. The molecule has 4 rings (SSSR count). The van der Waals surface area contributed by atoms with Crippen LogP contribution in [0.4, 0.5) is 0 Å². The molecular weight excluding hydrogens is 432 g/mol. The van der Waals surface area contributed by atoms with Gasteiger partial charge >= 0.3 is 0 Å². The van der Waals surface area contributed by atoms with Gasteiger partial charge in [-0.2, -0.15) is 0 Å². The van der Waals surface area contributed by atoms with Gasteiger partial charge in [-0.25, -0.2) is 0 Å². The Hall–Kier alpha value is -3.29. The van der Waals surface area contributed by atoms with Gasteiger partial charge in [0, 0.05) is 29.8 Å². The van der Waals surface area contributed by atoms with Crippen LogP contribution in [0.5, 0.6) is 17.2 Å². The van der Waals surface area contributed by atoms with Crippen molar-refractivity contribution < 1.29 is 23.8 Å². The quantitative estimate of drug-likeness (QED) is 0.496. The molecule has 1 aliphatic heterocycles. The topological polar surface area (TPSA) is 77.2 Å². The van der Waals surface area contributed by atoms with Gasteiger partial charge in [-0.3, -0.25) is 4.90 Å². The molecule has 2 aromatic carbocycles. The van der Waals surface area contributed by atoms with Crippen molar-refractivity contribution >= 4 is 0 Å². The van der Waals surface area contributed by atoms with Crippen molar-refractivity contribution in [1.29, 1.82) is 0 Å². The zero-order valence-electron chi connectivity index (χ0n) is 19.9. The van der Waals surface area contributed by atoms with Crippen LogP contribution in [0.3, 0.4) is 0 Å². The van der Waals surface area contributed by atoms with Crippen molar-refractivity contribution in [2.24, 2.45) is 0 Å². The van der Waals surface area contributed by atoms with Crippen LogP contribution in [0.2, 0.25) is 0 Å². The Morgan fingerprint density at radius 1 is 1.09 bits per heavy atom. The fourth-order valence-corrected chi connectivity index (χ4v) is 4.43. The van der Waals surface area contributed by atoms with Crippen molar-refractivity contribution in [3.05, 3.63) is 60.2 Å². The summed E-state index contributed by atoms with van der Waals surface area (Å²) in [4.78, 5) is 2.42. The number of hydrogen-bond acceptors (Lipinski definition) is 7. The average Bonchev–Trinajstić information content (AvgIpc) is 3.29. The summed E-state index contributed by atoms with van der Waals surface area (Å²) in [6.07, 6.45) is 4.61. The molecule has 7 heteroatoms. The number of nitrogens with zero attached hydrogens (tertiary/aromatic N) is 2. The third-order valence-corrected chi connectivity index (χ3v) is 6.12. The Labute approximate surface area is 200 Å². The summed E-state index contributed by atoms with van der Waals surface area (Å²) in [6, 6.07) is 11.8. The lowest BCUT2D eigenvalue weighted by Gasteiger charge is -2.23. The Morgan fingerprint density at radius 2 is 1.85 bits per heavy atom. The zero-order valence-corrected chi connectivity index (χ0v) is 19.9. The van der Waals surface area contributed by atoms with Crippen molar-refractivity contribution in [3.8, 4) is 39.8 Å². The highest BCUT2D eigenvalue weighted by atomic mass is 16.5. The third kappa shape index (κ3) is 5.11. The van der Waals surface area contributed by atoms with Crippen molar-refractivity contribution in [2.45, 2.75) is 19.3 Å². The largest absolute Gasteiger partial charge is 0.493 e. The SMILES string of the molecule is C=CCN1CCCc2c(-c3ccc(OCCO)cc3)noc2-c2cc(OC)c(OC)cc2CC1. The predicted molar refractivity (Wildman–Crippen MR) is 132 cm³/mol. The molecule has 0 radical (unpaired) electrons. The Bertz CT molecular complexity index is 1110. The maximum absolute atomic E-state index is 8.99. The maximum atomic E-state index is 8.99. The van der Waals surface area contributed by atoms with Crippen LogP contribution in [-0.2, 0) is 12.8 Å². The molecule has 0 saturated heterocycles. The van der Waals surface area contributed by atoms with Gasteiger partial charge in [0.15, 0.2) is 17.3 Å². The molecule has 3 aromatic rings. The summed E-state index contributed by atoms with van der Waals surface area (Å²) >= 11 is 0. The molecule has 0 bridgehead atoms. The van der Waals surface area contributed by atoms with Crippen molar-refractivity contribution in [1.82, 2.24) is 10.1 Å². The summed E-state index contributed by atoms with van der Waals surface area (Å²) in [5, 5.41) is 13.5. The van der Waals surface area contributed by atoms with Gasteiger partial charge in [0.05, 0.1) is 20.8 Å². The molecule has 0 aliphatic carbocycles. The molecule has 0 amide bonds. The Morgan fingerprint density at radius 3 is 2.56 bits per heavy atom. The normalized spacial score (nSPS) is 14.1. The second-order valence-corrected chi connectivity index (χ2v) is 8.24. The molecule has 180 valence electrons. The highest BCUT2D eigenvalue weighted by Gasteiger charge is 2.24. The van der Waals surface area contributed by atoms with E-state index in [1.807, 2.05) is 42.5 Å². The molecule has 1 N–H and O–H groups in total. The fourth-order valence-electron chi connectivity index (χ4n) is 4.43. The number of aliphatic hydroxyl groups is 1. The highest BCUT2D eigenvalue weighted by molar-refractivity contribution is 5.76. The number of aromatic nitrogens is 1. The van der Waals surface area contributed by atoms with Crippen molar-refractivity contribution in [2.75, 3.05) is 47.1 Å². The first-order valence-electron chi connectivity index (χ1n) is 11.6. The molecular formula is C27H32N2O5. The van der Waals surface area contributed by atoms with Crippen LogP contribution in [-0.4, -0.2) is 62.2 Å². The first-order chi connectivity index (χ1) is 16.7. The van der Waals surface area contributed by atoms with E-state index < -0.39 is 0 Å². The average molecular weight is 465 g/mol. The van der Waals surface area contributed by atoms with Gasteiger partial charge in [0.2, 0.25) is 0 Å². The lowest BCUT2D eigenvalue weighted by molar-refractivity contribution is 0.201. The lowest BCUT2D eigenvalue weighted by atomic mass is 9.93. The van der Waals surface area contributed by atoms with Crippen LogP contribution < -0.4 is 14.2 Å². The number of benzene rings is 2. The van der Waals surface area contributed by atoms with Gasteiger partial charge in [0.25, 0.3) is 0 Å². The number of aliphatic hydroxyl groups excluding tert-OH is 1. The Kier molecular flexibility index (Phi) is 7.87. The molecule has 34 heavy (non-hydrogen) atoms. The molecule has 0 saturated carbocycles.